The van der Waals surface area contributed by atoms with Crippen molar-refractivity contribution >= 4 is 12.3 Å². The molecule has 1 heterocycles. The minimum atomic E-state index is 0.975. The van der Waals surface area contributed by atoms with Gasteiger partial charge < -0.3 is 0 Å². The smallest absolute Gasteiger partial charge is 0.0347 e. The molecule has 2 heteroatoms. The van der Waals surface area contributed by atoms with Crippen LogP contribution in [0.3, 0.4) is 0 Å². The van der Waals surface area contributed by atoms with Gasteiger partial charge in [0.15, 0.2) is 0 Å². The van der Waals surface area contributed by atoms with Gasteiger partial charge in [-0.25, -0.2) is 0 Å². The van der Waals surface area contributed by atoms with Crippen LogP contribution in [-0.2, 0) is 0 Å². The van der Waals surface area contributed by atoms with Crippen molar-refractivity contribution in [1.82, 2.24) is 4.98 Å². The fourth-order valence-corrected chi connectivity index (χ4v) is 0.839. The third kappa shape index (κ3) is 3.81. The topological polar surface area (TPSA) is 25.2 Å². The highest BCUT2D eigenvalue weighted by molar-refractivity contribution is 5.85. The molecular weight excluding hydrogens is 172 g/mol. The van der Waals surface area contributed by atoms with E-state index in [2.05, 4.69) is 23.1 Å². The van der Waals surface area contributed by atoms with Gasteiger partial charge in [0.05, 0.1) is 0 Å². The van der Waals surface area contributed by atoms with E-state index in [0.717, 1.165) is 11.1 Å². The molecule has 0 fully saturated rings. The van der Waals surface area contributed by atoms with Crippen molar-refractivity contribution < 1.29 is 0 Å². The SMILES string of the molecule is C=CN=Cc1ccncc1C=C.CC. The largest absolute Gasteiger partial charge is 0.265 e. The van der Waals surface area contributed by atoms with Crippen molar-refractivity contribution in [2.45, 2.75) is 13.8 Å². The number of aromatic nitrogens is 1. The Kier molecular flexibility index (Phi) is 6.96. The van der Waals surface area contributed by atoms with E-state index < -0.39 is 0 Å². The lowest BCUT2D eigenvalue weighted by Gasteiger charge is -1.96. The minimum Gasteiger partial charge on any atom is -0.265 e. The van der Waals surface area contributed by atoms with Crippen LogP contribution in [0.15, 0.2) is 42.8 Å². The Balaban J connectivity index is 0.000000791. The van der Waals surface area contributed by atoms with Crippen LogP contribution in [0, 0.1) is 0 Å². The molecule has 0 radical (unpaired) electrons. The van der Waals surface area contributed by atoms with Crippen molar-refractivity contribution in [3.63, 3.8) is 0 Å². The number of rotatable bonds is 3. The van der Waals surface area contributed by atoms with Gasteiger partial charge in [-0.2, -0.15) is 0 Å². The number of hydrogen-bond acceptors (Lipinski definition) is 2. The summed E-state index contributed by atoms with van der Waals surface area (Å²) in [4.78, 5) is 7.88. The summed E-state index contributed by atoms with van der Waals surface area (Å²) in [5.41, 5.74) is 1.98. The van der Waals surface area contributed by atoms with Gasteiger partial charge in [0.2, 0.25) is 0 Å². The first-order valence-corrected chi connectivity index (χ1v) is 4.59. The third-order valence-electron chi connectivity index (χ3n) is 1.43. The Hall–Kier alpha value is -1.70. The molecule has 0 aliphatic carbocycles. The predicted molar refractivity (Wildman–Crippen MR) is 63.5 cm³/mol. The zero-order valence-electron chi connectivity index (χ0n) is 8.77. The maximum atomic E-state index is 3.97. The monoisotopic (exact) mass is 188 g/mol. The van der Waals surface area contributed by atoms with E-state index in [-0.39, 0.29) is 0 Å². The second kappa shape index (κ2) is 7.92. The average molecular weight is 188 g/mol. The molecule has 14 heavy (non-hydrogen) atoms. The molecule has 0 unspecified atom stereocenters. The molecule has 1 aromatic heterocycles. The molecule has 0 saturated heterocycles. The maximum absolute atomic E-state index is 3.97. The standard InChI is InChI=1S/C10H10N2.C2H6/c1-3-9-7-12-6-5-10(9)8-11-4-2;1-2/h3-8H,1-2H2;1-2H3. The van der Waals surface area contributed by atoms with E-state index in [1.54, 1.807) is 24.7 Å². The molecule has 0 bridgehead atoms. The van der Waals surface area contributed by atoms with E-state index in [0.29, 0.717) is 0 Å². The van der Waals surface area contributed by atoms with Crippen molar-refractivity contribution in [1.29, 1.82) is 0 Å². The van der Waals surface area contributed by atoms with Crippen LogP contribution < -0.4 is 0 Å². The number of pyridine rings is 1. The maximum Gasteiger partial charge on any atom is 0.0347 e. The van der Waals surface area contributed by atoms with Crippen LogP contribution in [-0.4, -0.2) is 11.2 Å². The lowest BCUT2D eigenvalue weighted by molar-refractivity contribution is 1.31. The lowest BCUT2D eigenvalue weighted by atomic mass is 10.1. The minimum absolute atomic E-state index is 0.975. The first-order valence-electron chi connectivity index (χ1n) is 4.59. The van der Waals surface area contributed by atoms with Gasteiger partial charge >= 0.3 is 0 Å². The van der Waals surface area contributed by atoms with E-state index in [1.807, 2.05) is 19.9 Å². The van der Waals surface area contributed by atoms with Crippen molar-refractivity contribution in [2.75, 3.05) is 0 Å². The van der Waals surface area contributed by atoms with Crippen molar-refractivity contribution in [3.05, 3.63) is 48.9 Å². The van der Waals surface area contributed by atoms with E-state index in [4.69, 9.17) is 0 Å². The summed E-state index contributed by atoms with van der Waals surface area (Å²) in [6, 6.07) is 1.88. The summed E-state index contributed by atoms with van der Waals surface area (Å²) in [5.74, 6) is 0. The highest BCUT2D eigenvalue weighted by Crippen LogP contribution is 2.04. The van der Waals surface area contributed by atoms with Crippen molar-refractivity contribution in [2.24, 2.45) is 4.99 Å². The van der Waals surface area contributed by atoms with Crippen LogP contribution in [0.25, 0.3) is 6.08 Å². The van der Waals surface area contributed by atoms with Crippen LogP contribution >= 0.6 is 0 Å². The van der Waals surface area contributed by atoms with Gasteiger partial charge in [-0.1, -0.05) is 33.1 Å². The fourth-order valence-electron chi connectivity index (χ4n) is 0.839. The fraction of sp³-hybridized carbons (Fsp3) is 0.167. The zero-order chi connectivity index (χ0) is 10.8. The van der Waals surface area contributed by atoms with E-state index in [1.165, 1.54) is 6.20 Å². The van der Waals surface area contributed by atoms with Gasteiger partial charge in [0.1, 0.15) is 0 Å². The molecule has 0 amide bonds. The summed E-state index contributed by atoms with van der Waals surface area (Å²) in [6.45, 7) is 11.2. The van der Waals surface area contributed by atoms with Crippen LogP contribution in [0.1, 0.15) is 25.0 Å². The molecule has 0 N–H and O–H groups in total. The Morgan fingerprint density at radius 3 is 2.57 bits per heavy atom. The number of nitrogens with zero attached hydrogens (tertiary/aromatic N) is 2. The Morgan fingerprint density at radius 2 is 2.00 bits per heavy atom. The molecule has 0 spiro atoms. The van der Waals surface area contributed by atoms with Crippen LogP contribution in [0.4, 0.5) is 0 Å². The van der Waals surface area contributed by atoms with Gasteiger partial charge in [0, 0.05) is 35.9 Å². The molecule has 0 saturated carbocycles. The Labute approximate surface area is 85.7 Å². The summed E-state index contributed by atoms with van der Waals surface area (Å²) in [6.07, 6.45) is 8.44. The van der Waals surface area contributed by atoms with Gasteiger partial charge in [-0.3, -0.25) is 9.98 Å². The number of hydrogen-bond donors (Lipinski definition) is 0. The van der Waals surface area contributed by atoms with Crippen LogP contribution in [0.2, 0.25) is 0 Å². The summed E-state index contributed by atoms with van der Waals surface area (Å²) in [7, 11) is 0. The molecule has 0 atom stereocenters. The zero-order valence-corrected chi connectivity index (χ0v) is 8.77. The van der Waals surface area contributed by atoms with Gasteiger partial charge in [-0.05, 0) is 6.07 Å². The molecular formula is C12H16N2. The highest BCUT2D eigenvalue weighted by atomic mass is 14.7. The first kappa shape index (κ1) is 12.3. The summed E-state index contributed by atoms with van der Waals surface area (Å²) in [5, 5.41) is 0. The molecule has 2 nitrogen and oxygen atoms in total. The molecule has 1 aromatic rings. The van der Waals surface area contributed by atoms with E-state index in [9.17, 15) is 0 Å². The second-order valence-electron chi connectivity index (χ2n) is 2.17. The second-order valence-corrected chi connectivity index (χ2v) is 2.17. The van der Waals surface area contributed by atoms with Crippen molar-refractivity contribution in [3.8, 4) is 0 Å². The van der Waals surface area contributed by atoms with Gasteiger partial charge in [0.25, 0.3) is 0 Å². The first-order chi connectivity index (χ1) is 6.88. The lowest BCUT2D eigenvalue weighted by Crippen LogP contribution is -1.86. The molecule has 0 aromatic carbocycles. The summed E-state index contributed by atoms with van der Waals surface area (Å²) >= 11 is 0. The predicted octanol–water partition coefficient (Wildman–Crippen LogP) is 3.31. The Morgan fingerprint density at radius 1 is 1.29 bits per heavy atom. The number of aliphatic imine (C=N–C) groups is 1. The summed E-state index contributed by atoms with van der Waals surface area (Å²) < 4.78 is 0. The highest BCUT2D eigenvalue weighted by Gasteiger charge is 1.92. The quantitative estimate of drug-likeness (QED) is 0.668. The normalized spacial score (nSPS) is 9.00. The third-order valence-corrected chi connectivity index (χ3v) is 1.43. The van der Waals surface area contributed by atoms with E-state index >= 15 is 0 Å². The molecule has 74 valence electrons. The molecule has 0 aliphatic heterocycles. The Bertz CT molecular complexity index is 314. The molecule has 0 aliphatic rings. The van der Waals surface area contributed by atoms with Gasteiger partial charge in [-0.15, -0.1) is 0 Å². The average Bonchev–Trinajstić information content (AvgIpc) is 2.29. The van der Waals surface area contributed by atoms with Crippen LogP contribution in [0.5, 0.6) is 0 Å². The molecule has 1 rings (SSSR count).